The molecule has 1 unspecified atom stereocenters. The van der Waals surface area contributed by atoms with Crippen molar-refractivity contribution in [1.82, 2.24) is 5.32 Å². The van der Waals surface area contributed by atoms with Crippen molar-refractivity contribution in [3.63, 3.8) is 0 Å². The molecule has 146 valence electrons. The summed E-state index contributed by atoms with van der Waals surface area (Å²) in [4.78, 5) is 12.3. The summed E-state index contributed by atoms with van der Waals surface area (Å²) in [5.41, 5.74) is 3.36. The number of nitrogens with one attached hydrogen (secondary N) is 1. The van der Waals surface area contributed by atoms with Crippen LogP contribution in [0.1, 0.15) is 43.4 Å². The van der Waals surface area contributed by atoms with Gasteiger partial charge in [-0.15, -0.1) is 0 Å². The average molecular weight is 406 g/mol. The molecule has 0 heterocycles. The second kappa shape index (κ2) is 10.6. The minimum absolute atomic E-state index is 0.0930. The molecular weight excluding hydrogens is 378 g/mol. The maximum absolute atomic E-state index is 12.3. The molecule has 5 heteroatoms. The summed E-state index contributed by atoms with van der Waals surface area (Å²) < 4.78 is 5.96. The molecule has 2 aromatic rings. The van der Waals surface area contributed by atoms with Crippen molar-refractivity contribution in [2.45, 2.75) is 45.5 Å². The van der Waals surface area contributed by atoms with Gasteiger partial charge in [0.05, 0.1) is 0 Å². The standard InChI is InChI=1S/C22H28ClNO2S/c1-15(2)19-10-9-16(3)13-21(19)26-17(4)22(25)24-11-12-27-14-18-7-5-6-8-20(18)23/h5-10,13,15,17H,11-12,14H2,1-4H3,(H,24,25). The zero-order valence-electron chi connectivity index (χ0n) is 16.4. The fraction of sp³-hybridized carbons (Fsp3) is 0.409. The maximum Gasteiger partial charge on any atom is 0.260 e. The lowest BCUT2D eigenvalue weighted by Crippen LogP contribution is -2.37. The maximum atomic E-state index is 12.3. The van der Waals surface area contributed by atoms with Crippen molar-refractivity contribution < 1.29 is 9.53 Å². The highest BCUT2D eigenvalue weighted by molar-refractivity contribution is 7.98. The van der Waals surface area contributed by atoms with Gasteiger partial charge in [0.2, 0.25) is 0 Å². The van der Waals surface area contributed by atoms with Crippen molar-refractivity contribution in [2.75, 3.05) is 12.3 Å². The Kier molecular flexibility index (Phi) is 8.52. The van der Waals surface area contributed by atoms with Crippen LogP contribution in [-0.2, 0) is 10.5 Å². The molecule has 0 saturated carbocycles. The highest BCUT2D eigenvalue weighted by Gasteiger charge is 2.17. The lowest BCUT2D eigenvalue weighted by Gasteiger charge is -2.19. The van der Waals surface area contributed by atoms with E-state index in [1.807, 2.05) is 37.3 Å². The minimum atomic E-state index is -0.530. The van der Waals surface area contributed by atoms with Gasteiger partial charge in [0.1, 0.15) is 5.75 Å². The molecule has 1 atom stereocenters. The molecule has 0 saturated heterocycles. The molecule has 1 N–H and O–H groups in total. The number of aryl methyl sites for hydroxylation is 1. The lowest BCUT2D eigenvalue weighted by molar-refractivity contribution is -0.127. The Bertz CT molecular complexity index is 764. The largest absolute Gasteiger partial charge is 0.481 e. The molecule has 27 heavy (non-hydrogen) atoms. The van der Waals surface area contributed by atoms with E-state index in [0.29, 0.717) is 12.5 Å². The Morgan fingerprint density at radius 2 is 1.93 bits per heavy atom. The monoisotopic (exact) mass is 405 g/mol. The van der Waals surface area contributed by atoms with Gasteiger partial charge in [-0.1, -0.05) is 55.8 Å². The summed E-state index contributed by atoms with van der Waals surface area (Å²) in [5, 5.41) is 3.74. The number of benzene rings is 2. The summed E-state index contributed by atoms with van der Waals surface area (Å²) >= 11 is 7.90. The Morgan fingerprint density at radius 1 is 1.19 bits per heavy atom. The van der Waals surface area contributed by atoms with Crippen LogP contribution in [-0.4, -0.2) is 24.3 Å². The summed E-state index contributed by atoms with van der Waals surface area (Å²) in [6.45, 7) is 8.67. The Hall–Kier alpha value is -1.65. The summed E-state index contributed by atoms with van der Waals surface area (Å²) in [6.07, 6.45) is -0.530. The number of amides is 1. The molecule has 2 rings (SSSR count). The summed E-state index contributed by atoms with van der Waals surface area (Å²) in [7, 11) is 0. The summed E-state index contributed by atoms with van der Waals surface area (Å²) in [5.74, 6) is 2.70. The molecule has 3 nitrogen and oxygen atoms in total. The van der Waals surface area contributed by atoms with E-state index in [1.54, 1.807) is 18.7 Å². The topological polar surface area (TPSA) is 38.3 Å². The number of rotatable bonds is 9. The third-order valence-electron chi connectivity index (χ3n) is 4.23. The zero-order chi connectivity index (χ0) is 19.8. The smallest absolute Gasteiger partial charge is 0.260 e. The Balaban J connectivity index is 1.78. The second-order valence-corrected chi connectivity index (χ2v) is 8.40. The molecule has 2 aromatic carbocycles. The molecule has 0 fully saturated rings. The van der Waals surface area contributed by atoms with Gasteiger partial charge in [-0.25, -0.2) is 0 Å². The lowest BCUT2D eigenvalue weighted by atomic mass is 10.0. The van der Waals surface area contributed by atoms with Crippen LogP contribution >= 0.6 is 23.4 Å². The van der Waals surface area contributed by atoms with Gasteiger partial charge in [-0.2, -0.15) is 11.8 Å². The third-order valence-corrected chi connectivity index (χ3v) is 5.60. The van der Waals surface area contributed by atoms with E-state index >= 15 is 0 Å². The van der Waals surface area contributed by atoms with Gasteiger partial charge in [-0.05, 0) is 48.6 Å². The number of thioether (sulfide) groups is 1. The first-order valence-corrected chi connectivity index (χ1v) is 10.8. The number of hydrogen-bond donors (Lipinski definition) is 1. The first kappa shape index (κ1) is 21.6. The van der Waals surface area contributed by atoms with Gasteiger partial charge in [-0.3, -0.25) is 4.79 Å². The van der Waals surface area contributed by atoms with Crippen molar-refractivity contribution in [3.8, 4) is 5.75 Å². The number of halogens is 1. The molecule has 0 radical (unpaired) electrons. The third kappa shape index (κ3) is 6.78. The van der Waals surface area contributed by atoms with Crippen LogP contribution in [0.3, 0.4) is 0 Å². The highest BCUT2D eigenvalue weighted by atomic mass is 35.5. The molecule has 1 amide bonds. The fourth-order valence-electron chi connectivity index (χ4n) is 2.65. The predicted molar refractivity (Wildman–Crippen MR) is 116 cm³/mol. The van der Waals surface area contributed by atoms with Crippen molar-refractivity contribution >= 4 is 29.3 Å². The molecular formula is C22H28ClNO2S. The van der Waals surface area contributed by atoms with E-state index in [9.17, 15) is 4.79 Å². The number of ether oxygens (including phenoxy) is 1. The number of hydrogen-bond acceptors (Lipinski definition) is 3. The van der Waals surface area contributed by atoms with Crippen LogP contribution in [0.15, 0.2) is 42.5 Å². The van der Waals surface area contributed by atoms with Crippen molar-refractivity contribution in [3.05, 3.63) is 64.2 Å². The van der Waals surface area contributed by atoms with E-state index in [-0.39, 0.29) is 5.91 Å². The molecule has 0 aromatic heterocycles. The van der Waals surface area contributed by atoms with Gasteiger partial charge in [0.15, 0.2) is 6.10 Å². The second-order valence-electron chi connectivity index (χ2n) is 6.89. The first-order chi connectivity index (χ1) is 12.9. The van der Waals surface area contributed by atoms with Gasteiger partial charge in [0, 0.05) is 23.1 Å². The zero-order valence-corrected chi connectivity index (χ0v) is 18.0. The van der Waals surface area contributed by atoms with E-state index in [0.717, 1.165) is 39.0 Å². The van der Waals surface area contributed by atoms with E-state index in [4.69, 9.17) is 16.3 Å². The number of carbonyl (C=O) groups excluding carboxylic acids is 1. The molecule has 0 aliphatic heterocycles. The normalized spacial score (nSPS) is 12.1. The van der Waals surface area contributed by atoms with E-state index in [1.165, 1.54) is 0 Å². The molecule has 0 aliphatic rings. The van der Waals surface area contributed by atoms with Crippen LogP contribution in [0.25, 0.3) is 0 Å². The van der Waals surface area contributed by atoms with Gasteiger partial charge >= 0.3 is 0 Å². The first-order valence-electron chi connectivity index (χ1n) is 9.24. The van der Waals surface area contributed by atoms with E-state index in [2.05, 4.69) is 31.3 Å². The fourth-order valence-corrected chi connectivity index (χ4v) is 3.80. The molecule has 0 bridgehead atoms. The van der Waals surface area contributed by atoms with Gasteiger partial charge < -0.3 is 10.1 Å². The minimum Gasteiger partial charge on any atom is -0.481 e. The van der Waals surface area contributed by atoms with Gasteiger partial charge in [0.25, 0.3) is 5.91 Å². The van der Waals surface area contributed by atoms with Crippen molar-refractivity contribution in [1.29, 1.82) is 0 Å². The average Bonchev–Trinajstić information content (AvgIpc) is 2.62. The van der Waals surface area contributed by atoms with Crippen LogP contribution in [0.2, 0.25) is 5.02 Å². The van der Waals surface area contributed by atoms with Crippen LogP contribution < -0.4 is 10.1 Å². The van der Waals surface area contributed by atoms with E-state index < -0.39 is 6.10 Å². The number of carbonyl (C=O) groups is 1. The Morgan fingerprint density at radius 3 is 2.63 bits per heavy atom. The van der Waals surface area contributed by atoms with Crippen LogP contribution in [0, 0.1) is 6.92 Å². The predicted octanol–water partition coefficient (Wildman–Crippen LogP) is 5.59. The highest BCUT2D eigenvalue weighted by Crippen LogP contribution is 2.28. The quantitative estimate of drug-likeness (QED) is 0.552. The molecule has 0 aliphatic carbocycles. The summed E-state index contributed by atoms with van der Waals surface area (Å²) in [6, 6.07) is 14.0. The Labute approximate surface area is 171 Å². The molecule has 0 spiro atoms. The van der Waals surface area contributed by atoms with Crippen LogP contribution in [0.5, 0.6) is 5.75 Å². The van der Waals surface area contributed by atoms with Crippen molar-refractivity contribution in [2.24, 2.45) is 0 Å². The van der Waals surface area contributed by atoms with Crippen LogP contribution in [0.4, 0.5) is 0 Å². The SMILES string of the molecule is Cc1ccc(C(C)C)c(OC(C)C(=O)NCCSCc2ccccc2Cl)c1.